The van der Waals surface area contributed by atoms with Crippen molar-refractivity contribution >= 4 is 10.9 Å². The normalized spacial score (nSPS) is 21.6. The lowest BCUT2D eigenvalue weighted by molar-refractivity contribution is 0.194. The predicted octanol–water partition coefficient (Wildman–Crippen LogP) is 2.57. The Morgan fingerprint density at radius 1 is 1.35 bits per heavy atom. The SMILES string of the molecule is C[C@H](O)c1cnc(-c2cc3c4c(ccc3[nH]2)[C@H](N)[C@H](F)C4)cn1. The zero-order valence-corrected chi connectivity index (χ0v) is 12.6. The number of halogens is 1. The van der Waals surface area contributed by atoms with Crippen molar-refractivity contribution in [2.24, 2.45) is 5.73 Å². The summed E-state index contributed by atoms with van der Waals surface area (Å²) in [6.45, 7) is 1.65. The molecule has 0 bridgehead atoms. The van der Waals surface area contributed by atoms with Crippen molar-refractivity contribution in [2.75, 3.05) is 0 Å². The summed E-state index contributed by atoms with van der Waals surface area (Å²) >= 11 is 0. The highest BCUT2D eigenvalue weighted by Gasteiger charge is 2.31. The van der Waals surface area contributed by atoms with Gasteiger partial charge in [-0.15, -0.1) is 0 Å². The average Bonchev–Trinajstić information content (AvgIpc) is 3.10. The first-order valence-corrected chi connectivity index (χ1v) is 7.59. The monoisotopic (exact) mass is 312 g/mol. The number of aliphatic hydroxyl groups is 1. The van der Waals surface area contributed by atoms with Gasteiger partial charge in [0.25, 0.3) is 0 Å². The van der Waals surface area contributed by atoms with E-state index in [1.54, 1.807) is 19.3 Å². The van der Waals surface area contributed by atoms with Crippen LogP contribution in [0.5, 0.6) is 0 Å². The molecule has 3 aromatic rings. The Kier molecular flexibility index (Phi) is 3.18. The fourth-order valence-corrected chi connectivity index (χ4v) is 3.17. The molecule has 0 unspecified atom stereocenters. The summed E-state index contributed by atoms with van der Waals surface area (Å²) < 4.78 is 13.9. The molecule has 0 fully saturated rings. The lowest BCUT2D eigenvalue weighted by Gasteiger charge is -2.06. The third-order valence-corrected chi connectivity index (χ3v) is 4.48. The molecule has 118 valence electrons. The standard InChI is InChI=1S/C17H17FN4O/c1-8(23)15-6-21-16(7-20-15)14-5-11-10-4-12(18)17(19)9(10)2-3-13(11)22-14/h2-3,5-8,12,17,22-23H,4,19H2,1H3/t8-,12+,17-/m0/s1. The molecular weight excluding hydrogens is 295 g/mol. The highest BCUT2D eigenvalue weighted by molar-refractivity contribution is 5.89. The van der Waals surface area contributed by atoms with Gasteiger partial charge in [-0.3, -0.25) is 9.97 Å². The van der Waals surface area contributed by atoms with Gasteiger partial charge in [-0.1, -0.05) is 6.07 Å². The van der Waals surface area contributed by atoms with E-state index in [2.05, 4.69) is 15.0 Å². The Morgan fingerprint density at radius 2 is 2.17 bits per heavy atom. The number of rotatable bonds is 2. The maximum atomic E-state index is 13.9. The van der Waals surface area contributed by atoms with Crippen molar-refractivity contribution in [1.82, 2.24) is 15.0 Å². The molecule has 1 aliphatic rings. The molecule has 2 aromatic heterocycles. The minimum absolute atomic E-state index is 0.345. The van der Waals surface area contributed by atoms with Gasteiger partial charge in [0.2, 0.25) is 0 Å². The van der Waals surface area contributed by atoms with E-state index in [1.807, 2.05) is 18.2 Å². The number of fused-ring (bicyclic) bond motifs is 3. The third-order valence-electron chi connectivity index (χ3n) is 4.48. The number of alkyl halides is 1. The molecule has 0 saturated carbocycles. The number of hydrogen-bond acceptors (Lipinski definition) is 4. The fraction of sp³-hybridized carbons (Fsp3) is 0.294. The summed E-state index contributed by atoms with van der Waals surface area (Å²) in [6.07, 6.45) is 1.85. The summed E-state index contributed by atoms with van der Waals surface area (Å²) in [5, 5.41) is 10.5. The van der Waals surface area contributed by atoms with Crippen LogP contribution in [0.1, 0.15) is 35.9 Å². The molecule has 3 atom stereocenters. The molecule has 5 nitrogen and oxygen atoms in total. The summed E-state index contributed by atoms with van der Waals surface area (Å²) in [7, 11) is 0. The summed E-state index contributed by atoms with van der Waals surface area (Å²) in [6, 6.07) is 5.24. The van der Waals surface area contributed by atoms with Gasteiger partial charge in [0.1, 0.15) is 11.9 Å². The molecule has 0 spiro atoms. The van der Waals surface area contributed by atoms with Crippen LogP contribution in [0, 0.1) is 0 Å². The molecule has 0 aliphatic heterocycles. The topological polar surface area (TPSA) is 87.8 Å². The average molecular weight is 312 g/mol. The Labute approximate surface area is 132 Å². The lowest BCUT2D eigenvalue weighted by atomic mass is 10.0. The van der Waals surface area contributed by atoms with Crippen LogP contribution < -0.4 is 5.73 Å². The van der Waals surface area contributed by atoms with E-state index >= 15 is 0 Å². The molecule has 4 N–H and O–H groups in total. The molecule has 23 heavy (non-hydrogen) atoms. The van der Waals surface area contributed by atoms with Crippen LogP contribution in [0.15, 0.2) is 30.6 Å². The fourth-order valence-electron chi connectivity index (χ4n) is 3.17. The second-order valence-corrected chi connectivity index (χ2v) is 6.03. The first kappa shape index (κ1) is 14.3. The number of aliphatic hydroxyl groups excluding tert-OH is 1. The number of nitrogens with one attached hydrogen (secondary N) is 1. The molecule has 0 amide bonds. The van der Waals surface area contributed by atoms with Gasteiger partial charge in [0.05, 0.1) is 35.9 Å². The third kappa shape index (κ3) is 2.22. The summed E-state index contributed by atoms with van der Waals surface area (Å²) in [5.41, 5.74) is 10.7. The Hall–Kier alpha value is -2.31. The molecule has 6 heteroatoms. The van der Waals surface area contributed by atoms with Gasteiger partial charge in [0.15, 0.2) is 0 Å². The van der Waals surface area contributed by atoms with Crippen molar-refractivity contribution in [2.45, 2.75) is 31.7 Å². The van der Waals surface area contributed by atoms with Crippen LogP contribution in [-0.2, 0) is 6.42 Å². The second-order valence-electron chi connectivity index (χ2n) is 6.03. The maximum absolute atomic E-state index is 13.9. The molecule has 0 saturated heterocycles. The highest BCUT2D eigenvalue weighted by atomic mass is 19.1. The van der Waals surface area contributed by atoms with E-state index in [0.29, 0.717) is 17.8 Å². The Morgan fingerprint density at radius 3 is 2.87 bits per heavy atom. The minimum Gasteiger partial charge on any atom is -0.387 e. The number of benzene rings is 1. The van der Waals surface area contributed by atoms with Crippen LogP contribution in [-0.4, -0.2) is 26.2 Å². The first-order valence-electron chi connectivity index (χ1n) is 7.59. The van der Waals surface area contributed by atoms with Crippen molar-refractivity contribution in [1.29, 1.82) is 0 Å². The van der Waals surface area contributed by atoms with Crippen molar-refractivity contribution < 1.29 is 9.50 Å². The van der Waals surface area contributed by atoms with Gasteiger partial charge in [-0.2, -0.15) is 0 Å². The maximum Gasteiger partial charge on any atom is 0.123 e. The van der Waals surface area contributed by atoms with E-state index in [9.17, 15) is 9.50 Å². The molecular formula is C17H17FN4O. The number of nitrogens with two attached hydrogens (primary N) is 1. The van der Waals surface area contributed by atoms with Crippen LogP contribution in [0.3, 0.4) is 0 Å². The minimum atomic E-state index is -1.03. The molecule has 2 heterocycles. The molecule has 1 aliphatic carbocycles. The first-order chi connectivity index (χ1) is 11.0. The number of H-pyrrole nitrogens is 1. The quantitative estimate of drug-likeness (QED) is 0.678. The Bertz CT molecular complexity index is 872. The lowest BCUT2D eigenvalue weighted by Crippen LogP contribution is -2.17. The zero-order valence-electron chi connectivity index (χ0n) is 12.6. The molecule has 1 aromatic carbocycles. The van der Waals surface area contributed by atoms with Crippen LogP contribution in [0.4, 0.5) is 4.39 Å². The van der Waals surface area contributed by atoms with Gasteiger partial charge < -0.3 is 15.8 Å². The Balaban J connectivity index is 1.79. The number of hydrogen-bond donors (Lipinski definition) is 3. The van der Waals surface area contributed by atoms with Crippen molar-refractivity contribution in [3.05, 3.63) is 47.4 Å². The number of nitrogens with zero attached hydrogens (tertiary/aromatic N) is 2. The summed E-state index contributed by atoms with van der Waals surface area (Å²) in [4.78, 5) is 11.8. The number of aromatic amines is 1. The predicted molar refractivity (Wildman–Crippen MR) is 85.5 cm³/mol. The van der Waals surface area contributed by atoms with E-state index in [1.165, 1.54) is 0 Å². The van der Waals surface area contributed by atoms with Gasteiger partial charge >= 0.3 is 0 Å². The second kappa shape index (κ2) is 5.11. The van der Waals surface area contributed by atoms with E-state index < -0.39 is 18.3 Å². The van der Waals surface area contributed by atoms with Gasteiger partial charge in [-0.05, 0) is 30.2 Å². The van der Waals surface area contributed by atoms with Gasteiger partial charge in [0, 0.05) is 17.3 Å². The smallest absolute Gasteiger partial charge is 0.123 e. The molecule has 0 radical (unpaired) electrons. The highest BCUT2D eigenvalue weighted by Crippen LogP contribution is 2.37. The van der Waals surface area contributed by atoms with E-state index in [4.69, 9.17) is 5.73 Å². The van der Waals surface area contributed by atoms with Crippen molar-refractivity contribution in [3.8, 4) is 11.4 Å². The van der Waals surface area contributed by atoms with Crippen LogP contribution in [0.25, 0.3) is 22.3 Å². The van der Waals surface area contributed by atoms with Crippen molar-refractivity contribution in [3.63, 3.8) is 0 Å². The van der Waals surface area contributed by atoms with E-state index in [0.717, 1.165) is 27.7 Å². The zero-order chi connectivity index (χ0) is 16.1. The van der Waals surface area contributed by atoms with Crippen LogP contribution >= 0.6 is 0 Å². The number of aromatic nitrogens is 3. The van der Waals surface area contributed by atoms with Crippen LogP contribution in [0.2, 0.25) is 0 Å². The van der Waals surface area contributed by atoms with E-state index in [-0.39, 0.29) is 0 Å². The van der Waals surface area contributed by atoms with Gasteiger partial charge in [-0.25, -0.2) is 4.39 Å². The molecule has 4 rings (SSSR count). The summed E-state index contributed by atoms with van der Waals surface area (Å²) in [5.74, 6) is 0. The largest absolute Gasteiger partial charge is 0.387 e.